The van der Waals surface area contributed by atoms with Crippen LogP contribution in [0.4, 0.5) is 0 Å². The molecule has 0 bridgehead atoms. The van der Waals surface area contributed by atoms with Crippen molar-refractivity contribution in [3.05, 3.63) is 29.5 Å². The van der Waals surface area contributed by atoms with Gasteiger partial charge in [-0.2, -0.15) is 0 Å². The molecule has 1 N–H and O–H groups in total. The van der Waals surface area contributed by atoms with Crippen LogP contribution in [0.25, 0.3) is 5.76 Å². The fraction of sp³-hybridized carbons (Fsp3) is 0.429. The number of carboxylic acid groups (broad SMARTS) is 1. The normalized spacial score (nSPS) is 17.8. The van der Waals surface area contributed by atoms with Crippen LogP contribution in [0.3, 0.4) is 0 Å². The van der Waals surface area contributed by atoms with Gasteiger partial charge < -0.3 is 14.6 Å². The van der Waals surface area contributed by atoms with E-state index >= 15 is 0 Å². The average molecular weight is 261 g/mol. The fourth-order valence-corrected chi connectivity index (χ4v) is 1.94. The lowest BCUT2D eigenvalue weighted by Gasteiger charge is -2.11. The Morgan fingerprint density at radius 1 is 1.47 bits per heavy atom. The molecule has 0 unspecified atom stereocenters. The first kappa shape index (κ1) is 12.0. The summed E-state index contributed by atoms with van der Waals surface area (Å²) >= 11 is 0. The molecule has 2 heterocycles. The van der Waals surface area contributed by atoms with Gasteiger partial charge in [-0.05, 0) is 37.0 Å². The fourth-order valence-electron chi connectivity index (χ4n) is 1.94. The Kier molecular flexibility index (Phi) is 3.11. The molecule has 1 saturated carbocycles. The summed E-state index contributed by atoms with van der Waals surface area (Å²) in [6.07, 6.45) is 5.18. The molecule has 1 aromatic heterocycles. The van der Waals surface area contributed by atoms with Gasteiger partial charge in [0.25, 0.3) is 0 Å². The maximum atomic E-state index is 11.0. The molecule has 0 atom stereocenters. The number of carbonyl (C=O) groups is 1. The highest BCUT2D eigenvalue weighted by Gasteiger charge is 2.24. The smallest absolute Gasteiger partial charge is 0.354 e. The topological polar surface area (TPSA) is 68.7 Å². The third-order valence-electron chi connectivity index (χ3n) is 3.20. The lowest BCUT2D eigenvalue weighted by molar-refractivity contribution is 0.0689. The molecule has 2 aliphatic rings. The molecule has 19 heavy (non-hydrogen) atoms. The number of nitrogens with zero attached hydrogens (tertiary/aromatic N) is 1. The van der Waals surface area contributed by atoms with Gasteiger partial charge in [0.05, 0.1) is 18.8 Å². The summed E-state index contributed by atoms with van der Waals surface area (Å²) in [5.41, 5.74) is 0.733. The van der Waals surface area contributed by atoms with Crippen LogP contribution < -0.4 is 4.74 Å². The lowest BCUT2D eigenvalue weighted by Crippen LogP contribution is -2.08. The molecule has 5 nitrogen and oxygen atoms in total. The SMILES string of the molecule is O=C(O)c1ccc(C2=CCCO2)c(OCC2CC2)n1. The summed E-state index contributed by atoms with van der Waals surface area (Å²) in [7, 11) is 0. The molecular formula is C14H15NO4. The van der Waals surface area contributed by atoms with Crippen LogP contribution in [0.5, 0.6) is 5.88 Å². The van der Waals surface area contributed by atoms with Crippen molar-refractivity contribution in [1.29, 1.82) is 0 Å². The number of hydrogen-bond acceptors (Lipinski definition) is 4. The minimum atomic E-state index is -1.05. The van der Waals surface area contributed by atoms with Crippen molar-refractivity contribution in [3.8, 4) is 5.88 Å². The van der Waals surface area contributed by atoms with Crippen LogP contribution in [-0.4, -0.2) is 29.3 Å². The number of rotatable bonds is 5. The molecule has 1 fully saturated rings. The molecule has 0 radical (unpaired) electrons. The quantitative estimate of drug-likeness (QED) is 0.881. The van der Waals surface area contributed by atoms with Crippen molar-refractivity contribution >= 4 is 11.7 Å². The Labute approximate surface area is 110 Å². The van der Waals surface area contributed by atoms with E-state index < -0.39 is 5.97 Å². The molecule has 0 amide bonds. The van der Waals surface area contributed by atoms with Crippen LogP contribution in [0.1, 0.15) is 35.3 Å². The van der Waals surface area contributed by atoms with E-state index in [9.17, 15) is 4.79 Å². The van der Waals surface area contributed by atoms with Crippen molar-refractivity contribution in [2.24, 2.45) is 5.92 Å². The van der Waals surface area contributed by atoms with Crippen LogP contribution in [-0.2, 0) is 4.74 Å². The summed E-state index contributed by atoms with van der Waals surface area (Å²) < 4.78 is 11.2. The van der Waals surface area contributed by atoms with E-state index in [1.54, 1.807) is 6.07 Å². The zero-order valence-corrected chi connectivity index (χ0v) is 10.5. The number of aromatic carboxylic acids is 1. The van der Waals surface area contributed by atoms with Gasteiger partial charge >= 0.3 is 5.97 Å². The summed E-state index contributed by atoms with van der Waals surface area (Å²) in [6, 6.07) is 3.18. The van der Waals surface area contributed by atoms with Gasteiger partial charge in [0.1, 0.15) is 5.76 Å². The van der Waals surface area contributed by atoms with Crippen LogP contribution in [0.2, 0.25) is 0 Å². The van der Waals surface area contributed by atoms with Gasteiger partial charge in [-0.15, -0.1) is 0 Å². The largest absolute Gasteiger partial charge is 0.493 e. The highest BCUT2D eigenvalue weighted by Crippen LogP contribution is 2.32. The zero-order valence-electron chi connectivity index (χ0n) is 10.5. The first-order valence-corrected chi connectivity index (χ1v) is 6.44. The Balaban J connectivity index is 1.89. The van der Waals surface area contributed by atoms with Gasteiger partial charge in [-0.1, -0.05) is 0 Å². The molecular weight excluding hydrogens is 246 g/mol. The second-order valence-corrected chi connectivity index (χ2v) is 4.81. The van der Waals surface area contributed by atoms with Crippen LogP contribution in [0.15, 0.2) is 18.2 Å². The Bertz CT molecular complexity index is 534. The van der Waals surface area contributed by atoms with Gasteiger partial charge in [0, 0.05) is 6.42 Å². The summed E-state index contributed by atoms with van der Waals surface area (Å²) in [5, 5.41) is 8.99. The molecule has 0 spiro atoms. The van der Waals surface area contributed by atoms with Gasteiger partial charge in [-0.25, -0.2) is 9.78 Å². The van der Waals surface area contributed by atoms with Crippen molar-refractivity contribution in [3.63, 3.8) is 0 Å². The maximum absolute atomic E-state index is 11.0. The molecule has 1 aliphatic carbocycles. The number of pyridine rings is 1. The predicted molar refractivity (Wildman–Crippen MR) is 68.0 cm³/mol. The second-order valence-electron chi connectivity index (χ2n) is 4.81. The third kappa shape index (κ3) is 2.70. The van der Waals surface area contributed by atoms with E-state index in [0.29, 0.717) is 25.0 Å². The van der Waals surface area contributed by atoms with E-state index in [1.165, 1.54) is 18.9 Å². The van der Waals surface area contributed by atoms with E-state index in [4.69, 9.17) is 14.6 Å². The van der Waals surface area contributed by atoms with E-state index in [-0.39, 0.29) is 5.69 Å². The number of ether oxygens (including phenoxy) is 2. The highest BCUT2D eigenvalue weighted by molar-refractivity contribution is 5.86. The van der Waals surface area contributed by atoms with E-state index in [2.05, 4.69) is 4.98 Å². The number of hydrogen-bond donors (Lipinski definition) is 1. The monoisotopic (exact) mass is 261 g/mol. The minimum absolute atomic E-state index is 0.00635. The molecule has 0 aromatic carbocycles. The standard InChI is InChI=1S/C14H15NO4/c16-14(17)11-6-5-10(12-2-1-7-18-12)13(15-11)19-8-9-3-4-9/h2,5-6,9H,1,3-4,7-8H2,(H,16,17). The molecule has 1 aliphatic heterocycles. The van der Waals surface area contributed by atoms with Gasteiger partial charge in [0.15, 0.2) is 5.69 Å². The third-order valence-corrected chi connectivity index (χ3v) is 3.20. The van der Waals surface area contributed by atoms with Crippen LogP contribution in [0, 0.1) is 5.92 Å². The van der Waals surface area contributed by atoms with Gasteiger partial charge in [0.2, 0.25) is 5.88 Å². The zero-order chi connectivity index (χ0) is 13.2. The maximum Gasteiger partial charge on any atom is 0.354 e. The first-order valence-electron chi connectivity index (χ1n) is 6.44. The molecule has 1 aromatic rings. The molecule has 100 valence electrons. The second kappa shape index (κ2) is 4.91. The molecule has 0 saturated heterocycles. The van der Waals surface area contributed by atoms with Crippen molar-refractivity contribution in [2.75, 3.05) is 13.2 Å². The minimum Gasteiger partial charge on any atom is -0.493 e. The van der Waals surface area contributed by atoms with Crippen LogP contribution >= 0.6 is 0 Å². The summed E-state index contributed by atoms with van der Waals surface area (Å²) in [6.45, 7) is 1.24. The number of aromatic nitrogens is 1. The lowest BCUT2D eigenvalue weighted by atomic mass is 10.2. The average Bonchev–Trinajstić information content (AvgIpc) is 3.08. The van der Waals surface area contributed by atoms with E-state index in [0.717, 1.165) is 17.7 Å². The Hall–Kier alpha value is -2.04. The van der Waals surface area contributed by atoms with Gasteiger partial charge in [-0.3, -0.25) is 0 Å². The summed E-state index contributed by atoms with van der Waals surface area (Å²) in [4.78, 5) is 15.0. The summed E-state index contributed by atoms with van der Waals surface area (Å²) in [5.74, 6) is 0.626. The molecule has 5 heteroatoms. The van der Waals surface area contributed by atoms with Crippen molar-refractivity contribution in [1.82, 2.24) is 4.98 Å². The van der Waals surface area contributed by atoms with Crippen molar-refractivity contribution < 1.29 is 19.4 Å². The highest BCUT2D eigenvalue weighted by atomic mass is 16.5. The molecule has 3 rings (SSSR count). The Morgan fingerprint density at radius 3 is 2.95 bits per heavy atom. The Morgan fingerprint density at radius 2 is 2.32 bits per heavy atom. The van der Waals surface area contributed by atoms with Crippen molar-refractivity contribution in [2.45, 2.75) is 19.3 Å². The predicted octanol–water partition coefficient (Wildman–Crippen LogP) is 2.33. The first-order chi connectivity index (χ1) is 9.24. The van der Waals surface area contributed by atoms with E-state index in [1.807, 2.05) is 6.08 Å². The number of carboxylic acids is 1.